The molecule has 0 aromatic heterocycles. The van der Waals surface area contributed by atoms with Crippen LogP contribution in [0.15, 0.2) is 0 Å². The van der Waals surface area contributed by atoms with E-state index in [-0.39, 0.29) is 6.04 Å². The lowest BCUT2D eigenvalue weighted by molar-refractivity contribution is 0.0316. The van der Waals surface area contributed by atoms with Crippen molar-refractivity contribution >= 4 is 0 Å². The van der Waals surface area contributed by atoms with Gasteiger partial charge in [-0.3, -0.25) is 0 Å². The highest BCUT2D eigenvalue weighted by Crippen LogP contribution is 2.28. The van der Waals surface area contributed by atoms with Gasteiger partial charge in [-0.05, 0) is 25.7 Å². The van der Waals surface area contributed by atoms with Crippen molar-refractivity contribution < 1.29 is 9.84 Å². The number of hydrogen-bond acceptors (Lipinski definition) is 3. The summed E-state index contributed by atoms with van der Waals surface area (Å²) in [6.07, 6.45) is 8.01. The van der Waals surface area contributed by atoms with E-state index < -0.39 is 6.10 Å². The molecule has 86 valence electrons. The minimum Gasteiger partial charge on any atom is -0.389 e. The van der Waals surface area contributed by atoms with Gasteiger partial charge in [-0.15, -0.1) is 12.3 Å². The van der Waals surface area contributed by atoms with Crippen LogP contribution in [0, 0.1) is 18.3 Å². The van der Waals surface area contributed by atoms with Crippen molar-refractivity contribution in [2.75, 3.05) is 19.8 Å². The summed E-state index contributed by atoms with van der Waals surface area (Å²) < 4.78 is 5.38. The maximum atomic E-state index is 9.56. The van der Waals surface area contributed by atoms with Crippen LogP contribution in [0.4, 0.5) is 0 Å². The Bertz CT molecular complexity index is 208. The van der Waals surface area contributed by atoms with Gasteiger partial charge in [-0.1, -0.05) is 0 Å². The maximum Gasteiger partial charge on any atom is 0.0897 e. The fourth-order valence-electron chi connectivity index (χ4n) is 1.30. The molecule has 0 bridgehead atoms. The average molecular weight is 211 g/mol. The summed E-state index contributed by atoms with van der Waals surface area (Å²) in [6.45, 7) is 3.79. The van der Waals surface area contributed by atoms with Crippen LogP contribution in [0.5, 0.6) is 0 Å². The van der Waals surface area contributed by atoms with Crippen LogP contribution in [-0.4, -0.2) is 37.0 Å². The van der Waals surface area contributed by atoms with Crippen LogP contribution >= 0.6 is 0 Å². The third kappa shape index (κ3) is 6.51. The Morgan fingerprint density at radius 1 is 1.60 bits per heavy atom. The number of rotatable bonds is 8. The van der Waals surface area contributed by atoms with Gasteiger partial charge in [0.25, 0.3) is 0 Å². The Kier molecular flexibility index (Phi) is 5.70. The highest BCUT2D eigenvalue weighted by molar-refractivity contribution is 4.88. The van der Waals surface area contributed by atoms with Crippen molar-refractivity contribution in [2.45, 2.75) is 38.3 Å². The zero-order valence-electron chi connectivity index (χ0n) is 9.41. The molecular formula is C12H21NO2. The van der Waals surface area contributed by atoms with Crippen LogP contribution < -0.4 is 5.32 Å². The van der Waals surface area contributed by atoms with E-state index in [2.05, 4.69) is 11.2 Å². The molecule has 2 N–H and O–H groups in total. The molecule has 0 heterocycles. The lowest BCUT2D eigenvalue weighted by Crippen LogP contribution is -2.35. The Balaban J connectivity index is 1.92. The number of aliphatic hydroxyl groups excluding tert-OH is 1. The van der Waals surface area contributed by atoms with Crippen molar-refractivity contribution in [1.82, 2.24) is 5.32 Å². The molecule has 1 rings (SSSR count). The van der Waals surface area contributed by atoms with E-state index in [0.29, 0.717) is 19.6 Å². The predicted octanol–water partition coefficient (Wildman–Crippen LogP) is 0.775. The highest BCUT2D eigenvalue weighted by atomic mass is 16.5. The second kappa shape index (κ2) is 6.84. The van der Waals surface area contributed by atoms with Crippen LogP contribution in [0.1, 0.15) is 26.2 Å². The van der Waals surface area contributed by atoms with E-state index in [0.717, 1.165) is 12.5 Å². The van der Waals surface area contributed by atoms with Gasteiger partial charge in [0, 0.05) is 25.6 Å². The first-order valence-corrected chi connectivity index (χ1v) is 5.65. The van der Waals surface area contributed by atoms with E-state index in [1.165, 1.54) is 12.8 Å². The molecule has 0 saturated heterocycles. The predicted molar refractivity (Wildman–Crippen MR) is 60.5 cm³/mol. The molecule has 0 aliphatic heterocycles. The summed E-state index contributed by atoms with van der Waals surface area (Å²) in [5, 5.41) is 12.7. The van der Waals surface area contributed by atoms with E-state index in [9.17, 15) is 5.11 Å². The molecule has 3 heteroatoms. The van der Waals surface area contributed by atoms with Crippen molar-refractivity contribution in [3.8, 4) is 12.3 Å². The molecule has 1 aliphatic rings. The quantitative estimate of drug-likeness (QED) is 0.583. The molecule has 15 heavy (non-hydrogen) atoms. The van der Waals surface area contributed by atoms with E-state index >= 15 is 0 Å². The van der Waals surface area contributed by atoms with Crippen molar-refractivity contribution in [3.63, 3.8) is 0 Å². The molecule has 1 fully saturated rings. The lowest BCUT2D eigenvalue weighted by Gasteiger charge is -2.15. The molecule has 0 amide bonds. The monoisotopic (exact) mass is 211 g/mol. The number of hydrogen-bond donors (Lipinski definition) is 2. The van der Waals surface area contributed by atoms with Gasteiger partial charge in [0.05, 0.1) is 12.7 Å². The Morgan fingerprint density at radius 3 is 2.93 bits per heavy atom. The van der Waals surface area contributed by atoms with Gasteiger partial charge in [-0.2, -0.15) is 0 Å². The normalized spacial score (nSPS) is 19.5. The highest BCUT2D eigenvalue weighted by Gasteiger charge is 2.21. The van der Waals surface area contributed by atoms with Gasteiger partial charge < -0.3 is 15.2 Å². The number of ether oxygens (including phenoxy) is 1. The number of aliphatic hydroxyl groups is 1. The molecule has 0 spiro atoms. The van der Waals surface area contributed by atoms with Crippen molar-refractivity contribution in [2.24, 2.45) is 5.92 Å². The molecule has 0 aromatic rings. The fourth-order valence-corrected chi connectivity index (χ4v) is 1.30. The van der Waals surface area contributed by atoms with Gasteiger partial charge in [0.15, 0.2) is 0 Å². The summed E-state index contributed by atoms with van der Waals surface area (Å²) in [6, 6.07) is 0.257. The zero-order chi connectivity index (χ0) is 11.1. The summed E-state index contributed by atoms with van der Waals surface area (Å²) in [4.78, 5) is 0. The summed E-state index contributed by atoms with van der Waals surface area (Å²) >= 11 is 0. The second-order valence-corrected chi connectivity index (χ2v) is 4.35. The molecule has 2 atom stereocenters. The smallest absolute Gasteiger partial charge is 0.0897 e. The molecule has 0 radical (unpaired) electrons. The molecular weight excluding hydrogens is 190 g/mol. The largest absolute Gasteiger partial charge is 0.389 e. The maximum absolute atomic E-state index is 9.56. The van der Waals surface area contributed by atoms with Crippen molar-refractivity contribution in [3.05, 3.63) is 0 Å². The van der Waals surface area contributed by atoms with Crippen molar-refractivity contribution in [1.29, 1.82) is 0 Å². The number of terminal acetylenes is 1. The number of nitrogens with one attached hydrogen (secondary N) is 1. The molecule has 0 aromatic carbocycles. The first-order chi connectivity index (χ1) is 7.22. The summed E-state index contributed by atoms with van der Waals surface area (Å²) in [5.74, 6) is 3.34. The standard InChI is InChI=1S/C12H21NO2/c1-3-4-10(2)13-7-12(14)9-15-8-11-5-6-11/h1,10-14H,4-9H2,2H3. The van der Waals surface area contributed by atoms with Crippen LogP contribution in [0.2, 0.25) is 0 Å². The first-order valence-electron chi connectivity index (χ1n) is 5.65. The third-order valence-corrected chi connectivity index (χ3v) is 2.49. The Morgan fingerprint density at radius 2 is 2.33 bits per heavy atom. The van der Waals surface area contributed by atoms with Gasteiger partial charge in [0.1, 0.15) is 0 Å². The Hall–Kier alpha value is -0.560. The SMILES string of the molecule is C#CCC(C)NCC(O)COCC1CC1. The molecule has 3 nitrogen and oxygen atoms in total. The van der Waals surface area contributed by atoms with E-state index in [1.807, 2.05) is 6.92 Å². The summed E-state index contributed by atoms with van der Waals surface area (Å²) in [7, 11) is 0. The average Bonchev–Trinajstić information content (AvgIpc) is 2.99. The molecule has 1 aliphatic carbocycles. The van der Waals surface area contributed by atoms with E-state index in [1.54, 1.807) is 0 Å². The van der Waals surface area contributed by atoms with Crippen LogP contribution in [-0.2, 0) is 4.74 Å². The topological polar surface area (TPSA) is 41.5 Å². The summed E-state index contributed by atoms with van der Waals surface area (Å²) in [5.41, 5.74) is 0. The third-order valence-electron chi connectivity index (χ3n) is 2.49. The minimum absolute atomic E-state index is 0.257. The lowest BCUT2D eigenvalue weighted by atomic mass is 10.2. The zero-order valence-corrected chi connectivity index (χ0v) is 9.41. The first kappa shape index (κ1) is 12.5. The van der Waals surface area contributed by atoms with Gasteiger partial charge >= 0.3 is 0 Å². The minimum atomic E-state index is -0.427. The van der Waals surface area contributed by atoms with Gasteiger partial charge in [-0.25, -0.2) is 0 Å². The van der Waals surface area contributed by atoms with Gasteiger partial charge in [0.2, 0.25) is 0 Å². The molecule has 1 saturated carbocycles. The van der Waals surface area contributed by atoms with Crippen LogP contribution in [0.3, 0.4) is 0 Å². The second-order valence-electron chi connectivity index (χ2n) is 4.35. The fraction of sp³-hybridized carbons (Fsp3) is 0.833. The van der Waals surface area contributed by atoms with Crippen LogP contribution in [0.25, 0.3) is 0 Å². The molecule has 2 unspecified atom stereocenters. The van der Waals surface area contributed by atoms with E-state index in [4.69, 9.17) is 11.2 Å². The Labute approximate surface area is 92.2 Å².